The van der Waals surface area contributed by atoms with E-state index in [1.807, 2.05) is 18.7 Å². The molecule has 2 heterocycles. The minimum Gasteiger partial charge on any atom is -0.336 e. The Morgan fingerprint density at radius 3 is 2.28 bits per heavy atom. The van der Waals surface area contributed by atoms with Crippen molar-refractivity contribution in [1.29, 1.82) is 0 Å². The number of piperidine rings is 1. The van der Waals surface area contributed by atoms with Crippen LogP contribution in [0.1, 0.15) is 49.2 Å². The lowest BCUT2D eigenvalue weighted by molar-refractivity contribution is 0.0507. The number of amides is 1. The van der Waals surface area contributed by atoms with Crippen molar-refractivity contribution in [2.75, 3.05) is 0 Å². The van der Waals surface area contributed by atoms with Gasteiger partial charge in [0.1, 0.15) is 5.56 Å². The lowest BCUT2D eigenvalue weighted by Gasteiger charge is -2.38. The van der Waals surface area contributed by atoms with Crippen molar-refractivity contribution in [3.63, 3.8) is 0 Å². The fourth-order valence-electron chi connectivity index (χ4n) is 2.74. The SMILES string of the molecule is Cc1c(C(=O)N2C(C)CCCC2C)c(=O)on1C. The van der Waals surface area contributed by atoms with Crippen molar-refractivity contribution in [2.45, 2.75) is 52.1 Å². The molecule has 1 saturated heterocycles. The van der Waals surface area contributed by atoms with Crippen molar-refractivity contribution in [2.24, 2.45) is 7.05 Å². The summed E-state index contributed by atoms with van der Waals surface area (Å²) in [5.41, 5.74) is 0.234. The van der Waals surface area contributed by atoms with Crippen LogP contribution in [0.4, 0.5) is 0 Å². The van der Waals surface area contributed by atoms with Gasteiger partial charge in [0.2, 0.25) is 0 Å². The summed E-state index contributed by atoms with van der Waals surface area (Å²) in [5.74, 6) is -0.193. The van der Waals surface area contributed by atoms with Crippen LogP contribution >= 0.6 is 0 Å². The van der Waals surface area contributed by atoms with E-state index in [0.29, 0.717) is 5.69 Å². The molecule has 2 rings (SSSR count). The quantitative estimate of drug-likeness (QED) is 0.764. The molecule has 1 aliphatic rings. The van der Waals surface area contributed by atoms with E-state index >= 15 is 0 Å². The van der Waals surface area contributed by atoms with Gasteiger partial charge in [-0.1, -0.05) is 0 Å². The van der Waals surface area contributed by atoms with Gasteiger partial charge in [-0.2, -0.15) is 0 Å². The van der Waals surface area contributed by atoms with Crippen LogP contribution in [0.25, 0.3) is 0 Å². The Hall–Kier alpha value is -1.52. The molecule has 0 bridgehead atoms. The summed E-state index contributed by atoms with van der Waals surface area (Å²) in [7, 11) is 1.64. The monoisotopic (exact) mass is 252 g/mol. The highest BCUT2D eigenvalue weighted by atomic mass is 16.5. The fourth-order valence-corrected chi connectivity index (χ4v) is 2.74. The van der Waals surface area contributed by atoms with Crippen LogP contribution in [0.5, 0.6) is 0 Å². The molecule has 0 radical (unpaired) electrons. The molecule has 1 fully saturated rings. The highest BCUT2D eigenvalue weighted by Crippen LogP contribution is 2.24. The molecule has 18 heavy (non-hydrogen) atoms. The number of rotatable bonds is 1. The molecule has 5 heteroatoms. The Morgan fingerprint density at radius 2 is 1.83 bits per heavy atom. The van der Waals surface area contributed by atoms with Crippen molar-refractivity contribution in [3.05, 3.63) is 21.7 Å². The number of nitrogens with zero attached hydrogens (tertiary/aromatic N) is 2. The van der Waals surface area contributed by atoms with Gasteiger partial charge in [0.05, 0.1) is 5.69 Å². The van der Waals surface area contributed by atoms with Gasteiger partial charge in [-0.25, -0.2) is 9.53 Å². The molecule has 2 unspecified atom stereocenters. The minimum absolute atomic E-state index is 0.179. The smallest absolute Gasteiger partial charge is 0.336 e. The number of carbonyl (C=O) groups is 1. The Bertz CT molecular complexity index is 505. The predicted molar refractivity (Wildman–Crippen MR) is 67.6 cm³/mol. The molecule has 100 valence electrons. The summed E-state index contributed by atoms with van der Waals surface area (Å²) in [6.45, 7) is 5.80. The third-order valence-corrected chi connectivity index (χ3v) is 3.90. The number of aromatic nitrogens is 1. The predicted octanol–water partition coefficient (Wildman–Crippen LogP) is 1.69. The standard InChI is InChI=1S/C13H20N2O3/c1-8-6-5-7-9(2)15(8)12(16)11-10(3)14(4)18-13(11)17/h8-9H,5-7H2,1-4H3. The van der Waals surface area contributed by atoms with E-state index in [1.54, 1.807) is 14.0 Å². The van der Waals surface area contributed by atoms with Crippen LogP contribution < -0.4 is 5.63 Å². The lowest BCUT2D eigenvalue weighted by atomic mass is 9.96. The Labute approximate surface area is 106 Å². The number of likely N-dealkylation sites (tertiary alicyclic amines) is 1. The third-order valence-electron chi connectivity index (χ3n) is 3.90. The first kappa shape index (κ1) is 12.9. The van der Waals surface area contributed by atoms with Crippen LogP contribution in [0.15, 0.2) is 9.32 Å². The first-order valence-corrected chi connectivity index (χ1v) is 6.43. The van der Waals surface area contributed by atoms with Gasteiger partial charge in [0.15, 0.2) is 0 Å². The molecule has 1 amide bonds. The maximum atomic E-state index is 12.5. The van der Waals surface area contributed by atoms with Crippen molar-refractivity contribution in [3.8, 4) is 0 Å². The Balaban J connectivity index is 2.38. The zero-order valence-electron chi connectivity index (χ0n) is 11.4. The van der Waals surface area contributed by atoms with Crippen LogP contribution in [0.3, 0.4) is 0 Å². The summed E-state index contributed by atoms with van der Waals surface area (Å²) in [6, 6.07) is 0.362. The van der Waals surface area contributed by atoms with E-state index in [-0.39, 0.29) is 23.6 Å². The average molecular weight is 252 g/mol. The normalized spacial score (nSPS) is 24.3. The summed E-state index contributed by atoms with van der Waals surface area (Å²) >= 11 is 0. The molecule has 1 aromatic heterocycles. The van der Waals surface area contributed by atoms with Crippen molar-refractivity contribution < 1.29 is 9.32 Å². The number of carbonyl (C=O) groups excluding carboxylic acids is 1. The van der Waals surface area contributed by atoms with E-state index in [2.05, 4.69) is 0 Å². The Morgan fingerprint density at radius 1 is 1.28 bits per heavy atom. The summed E-state index contributed by atoms with van der Waals surface area (Å²) < 4.78 is 6.30. The third kappa shape index (κ3) is 1.98. The van der Waals surface area contributed by atoms with E-state index < -0.39 is 5.63 Å². The van der Waals surface area contributed by atoms with Gasteiger partial charge in [-0.15, -0.1) is 0 Å². The topological polar surface area (TPSA) is 55.5 Å². The highest BCUT2D eigenvalue weighted by molar-refractivity contribution is 5.95. The first-order valence-electron chi connectivity index (χ1n) is 6.43. The van der Waals surface area contributed by atoms with Gasteiger partial charge in [-0.3, -0.25) is 4.79 Å². The zero-order chi connectivity index (χ0) is 13.4. The second-order valence-electron chi connectivity index (χ2n) is 5.18. The van der Waals surface area contributed by atoms with Crippen molar-refractivity contribution in [1.82, 2.24) is 9.64 Å². The molecule has 2 atom stereocenters. The Kier molecular flexibility index (Phi) is 3.32. The summed E-state index contributed by atoms with van der Waals surface area (Å²) in [6.07, 6.45) is 3.12. The van der Waals surface area contributed by atoms with Crippen LogP contribution in [-0.4, -0.2) is 27.6 Å². The van der Waals surface area contributed by atoms with Crippen LogP contribution in [0.2, 0.25) is 0 Å². The van der Waals surface area contributed by atoms with E-state index in [9.17, 15) is 9.59 Å². The van der Waals surface area contributed by atoms with Gasteiger partial charge >= 0.3 is 5.63 Å². The minimum atomic E-state index is -0.537. The molecular weight excluding hydrogens is 232 g/mol. The molecule has 0 N–H and O–H groups in total. The van der Waals surface area contributed by atoms with E-state index in [1.165, 1.54) is 4.74 Å². The second kappa shape index (κ2) is 4.63. The molecular formula is C13H20N2O3. The van der Waals surface area contributed by atoms with Crippen LogP contribution in [0, 0.1) is 6.92 Å². The molecule has 1 aromatic rings. The first-order chi connectivity index (χ1) is 8.43. The fraction of sp³-hybridized carbons (Fsp3) is 0.692. The summed E-state index contributed by atoms with van der Waals surface area (Å²) in [5, 5.41) is 0. The maximum Gasteiger partial charge on any atom is 0.370 e. The van der Waals surface area contributed by atoms with Gasteiger partial charge in [-0.05, 0) is 40.0 Å². The van der Waals surface area contributed by atoms with E-state index in [4.69, 9.17) is 4.52 Å². The number of aryl methyl sites for hydroxylation is 1. The second-order valence-corrected chi connectivity index (χ2v) is 5.18. The number of hydrogen-bond donors (Lipinski definition) is 0. The largest absolute Gasteiger partial charge is 0.370 e. The zero-order valence-corrected chi connectivity index (χ0v) is 11.4. The molecule has 0 aliphatic carbocycles. The van der Waals surface area contributed by atoms with Gasteiger partial charge < -0.3 is 9.42 Å². The van der Waals surface area contributed by atoms with Gasteiger partial charge in [0.25, 0.3) is 5.91 Å². The van der Waals surface area contributed by atoms with Crippen LogP contribution in [-0.2, 0) is 7.05 Å². The van der Waals surface area contributed by atoms with Gasteiger partial charge in [0, 0.05) is 19.1 Å². The highest BCUT2D eigenvalue weighted by Gasteiger charge is 2.33. The average Bonchev–Trinajstić information content (AvgIpc) is 2.52. The van der Waals surface area contributed by atoms with E-state index in [0.717, 1.165) is 19.3 Å². The molecule has 0 spiro atoms. The molecule has 0 saturated carbocycles. The number of hydrogen-bond acceptors (Lipinski definition) is 3. The molecule has 1 aliphatic heterocycles. The lowest BCUT2D eigenvalue weighted by Crippen LogP contribution is -2.48. The van der Waals surface area contributed by atoms with Crippen molar-refractivity contribution >= 4 is 5.91 Å². The maximum absolute atomic E-state index is 12.5. The molecule has 0 aromatic carbocycles. The summed E-state index contributed by atoms with van der Waals surface area (Å²) in [4.78, 5) is 26.1. The molecule has 5 nitrogen and oxygen atoms in total.